The Morgan fingerprint density at radius 1 is 1.44 bits per heavy atom. The zero-order valence-corrected chi connectivity index (χ0v) is 16.5. The largest absolute Gasteiger partial charge is 0.327 e. The van der Waals surface area contributed by atoms with E-state index < -0.39 is 10.0 Å². The lowest BCUT2D eigenvalue weighted by Gasteiger charge is -2.42. The van der Waals surface area contributed by atoms with Crippen LogP contribution in [0.3, 0.4) is 0 Å². The molecule has 142 valence electrons. The Kier molecular flexibility index (Phi) is 7.26. The molecule has 0 aromatic heterocycles. The van der Waals surface area contributed by atoms with Gasteiger partial charge in [0.2, 0.25) is 15.9 Å². The number of anilines is 1. The van der Waals surface area contributed by atoms with Crippen LogP contribution in [0.25, 0.3) is 0 Å². The molecule has 0 aliphatic carbocycles. The monoisotopic (exact) mass is 410 g/mol. The third-order valence-corrected chi connectivity index (χ3v) is 5.54. The summed E-state index contributed by atoms with van der Waals surface area (Å²) in [6.07, 6.45) is 0.821. The van der Waals surface area contributed by atoms with E-state index in [-0.39, 0.29) is 51.9 Å². The summed E-state index contributed by atoms with van der Waals surface area (Å²) in [4.78, 5) is 14.2. The summed E-state index contributed by atoms with van der Waals surface area (Å²) in [5, 5.41) is 7.99. The lowest BCUT2D eigenvalue weighted by atomic mass is 9.80. The molecule has 1 atom stereocenters. The third kappa shape index (κ3) is 5.80. The number of likely N-dealkylation sites (tertiary alicyclic amines) is 1. The highest BCUT2D eigenvalue weighted by Crippen LogP contribution is 2.28. The van der Waals surface area contributed by atoms with Gasteiger partial charge in [0.05, 0.1) is 22.2 Å². The zero-order chi connectivity index (χ0) is 18.1. The highest BCUT2D eigenvalue weighted by molar-refractivity contribution is 7.89. The normalized spacial score (nSPS) is 20.6. The molecule has 1 aliphatic heterocycles. The molecule has 1 fully saturated rings. The van der Waals surface area contributed by atoms with E-state index in [1.54, 1.807) is 0 Å². The Balaban J connectivity index is 0.00000312. The molecule has 10 heteroatoms. The number of sulfonamides is 1. The summed E-state index contributed by atoms with van der Waals surface area (Å²) in [5.41, 5.74) is 6.25. The number of halogens is 2. The van der Waals surface area contributed by atoms with Crippen molar-refractivity contribution in [3.05, 3.63) is 23.2 Å². The molecule has 1 aromatic rings. The first-order valence-electron chi connectivity index (χ1n) is 7.59. The van der Waals surface area contributed by atoms with Crippen molar-refractivity contribution in [1.82, 2.24) is 4.90 Å². The van der Waals surface area contributed by atoms with E-state index in [0.717, 1.165) is 13.0 Å². The van der Waals surface area contributed by atoms with Crippen LogP contribution in [-0.4, -0.2) is 44.9 Å². The first kappa shape index (κ1) is 22.1. The third-order valence-electron chi connectivity index (χ3n) is 4.30. The topological polar surface area (TPSA) is 119 Å². The molecular weight excluding hydrogens is 387 g/mol. The highest BCUT2D eigenvalue weighted by atomic mass is 35.5. The summed E-state index contributed by atoms with van der Waals surface area (Å²) in [6, 6.07) is 4.05. The van der Waals surface area contributed by atoms with E-state index in [1.807, 2.05) is 4.90 Å². The lowest BCUT2D eigenvalue weighted by molar-refractivity contribution is -0.118. The average molecular weight is 411 g/mol. The van der Waals surface area contributed by atoms with Gasteiger partial charge in [-0.25, -0.2) is 13.6 Å². The van der Waals surface area contributed by atoms with Gasteiger partial charge >= 0.3 is 0 Å². The standard InChI is InChI=1S/C15H23ClN4O3S.ClH/c1-15(2)9-20(6-5-13(15)17)8-14(21)19-12-7-10(24(18,22)23)3-4-11(12)16;/h3-4,7,13H,5-6,8-9,17H2,1-2H3,(H,19,21)(H2,18,22,23);1H. The molecule has 1 heterocycles. The average Bonchev–Trinajstić information content (AvgIpc) is 2.43. The molecule has 1 saturated heterocycles. The van der Waals surface area contributed by atoms with Gasteiger partial charge in [-0.2, -0.15) is 0 Å². The number of rotatable bonds is 4. The van der Waals surface area contributed by atoms with Crippen LogP contribution in [-0.2, 0) is 14.8 Å². The van der Waals surface area contributed by atoms with Crippen molar-refractivity contribution >= 4 is 45.6 Å². The van der Waals surface area contributed by atoms with Crippen LogP contribution < -0.4 is 16.2 Å². The SMILES string of the molecule is CC1(C)CN(CC(=O)Nc2cc(S(N)(=O)=O)ccc2Cl)CCC1N.Cl. The molecule has 0 saturated carbocycles. The van der Waals surface area contributed by atoms with Gasteiger partial charge < -0.3 is 11.1 Å². The maximum atomic E-state index is 12.3. The molecular formula is C15H24Cl2N4O3S. The molecule has 1 amide bonds. The van der Waals surface area contributed by atoms with Gasteiger partial charge in [-0.05, 0) is 30.0 Å². The van der Waals surface area contributed by atoms with E-state index >= 15 is 0 Å². The van der Waals surface area contributed by atoms with E-state index in [4.69, 9.17) is 22.5 Å². The number of nitrogens with zero attached hydrogens (tertiary/aromatic N) is 1. The van der Waals surface area contributed by atoms with E-state index in [9.17, 15) is 13.2 Å². The predicted molar refractivity (Wildman–Crippen MR) is 102 cm³/mol. The van der Waals surface area contributed by atoms with Crippen molar-refractivity contribution in [2.45, 2.75) is 31.2 Å². The van der Waals surface area contributed by atoms with Crippen molar-refractivity contribution in [2.24, 2.45) is 16.3 Å². The van der Waals surface area contributed by atoms with Crippen LogP contribution in [0.4, 0.5) is 5.69 Å². The van der Waals surface area contributed by atoms with Gasteiger partial charge in [0.1, 0.15) is 0 Å². The van der Waals surface area contributed by atoms with Crippen molar-refractivity contribution < 1.29 is 13.2 Å². The fraction of sp³-hybridized carbons (Fsp3) is 0.533. The Labute approximate surface area is 159 Å². The van der Waals surface area contributed by atoms with E-state index in [2.05, 4.69) is 19.2 Å². The van der Waals surface area contributed by atoms with Crippen LogP contribution in [0.15, 0.2) is 23.1 Å². The van der Waals surface area contributed by atoms with Gasteiger partial charge in [-0.3, -0.25) is 9.69 Å². The number of benzene rings is 1. The molecule has 25 heavy (non-hydrogen) atoms. The molecule has 7 nitrogen and oxygen atoms in total. The minimum Gasteiger partial charge on any atom is -0.327 e. The van der Waals surface area contributed by atoms with Crippen molar-refractivity contribution in [3.63, 3.8) is 0 Å². The Bertz CT molecular complexity index is 740. The second-order valence-corrected chi connectivity index (χ2v) is 8.80. The number of primary sulfonamides is 1. The van der Waals surface area contributed by atoms with E-state index in [1.165, 1.54) is 18.2 Å². The highest BCUT2D eigenvalue weighted by Gasteiger charge is 2.33. The van der Waals surface area contributed by atoms with Gasteiger partial charge in [-0.1, -0.05) is 25.4 Å². The van der Waals surface area contributed by atoms with Gasteiger partial charge in [0.25, 0.3) is 0 Å². The maximum Gasteiger partial charge on any atom is 0.238 e. The summed E-state index contributed by atoms with van der Waals surface area (Å²) in [7, 11) is -3.86. The Morgan fingerprint density at radius 3 is 2.64 bits per heavy atom. The van der Waals surface area contributed by atoms with Crippen LogP contribution in [0.5, 0.6) is 0 Å². The van der Waals surface area contributed by atoms with Crippen LogP contribution in [0.2, 0.25) is 5.02 Å². The minimum absolute atomic E-state index is 0. The fourth-order valence-electron chi connectivity index (χ4n) is 2.79. The zero-order valence-electron chi connectivity index (χ0n) is 14.2. The first-order valence-corrected chi connectivity index (χ1v) is 9.51. The summed E-state index contributed by atoms with van der Waals surface area (Å²) in [6.45, 7) is 5.80. The number of nitrogens with two attached hydrogens (primary N) is 2. The fourth-order valence-corrected chi connectivity index (χ4v) is 3.49. The lowest BCUT2D eigenvalue weighted by Crippen LogP contribution is -2.53. The number of carbonyl (C=O) groups excluding carboxylic acids is 1. The number of amides is 1. The van der Waals surface area contributed by atoms with Crippen LogP contribution in [0, 0.1) is 5.41 Å². The number of carbonyl (C=O) groups is 1. The van der Waals surface area contributed by atoms with Crippen molar-refractivity contribution in [3.8, 4) is 0 Å². The number of piperidine rings is 1. The first-order chi connectivity index (χ1) is 11.0. The van der Waals surface area contributed by atoms with Gasteiger partial charge in [-0.15, -0.1) is 12.4 Å². The predicted octanol–water partition coefficient (Wildman–Crippen LogP) is 1.41. The molecule has 0 radical (unpaired) electrons. The molecule has 5 N–H and O–H groups in total. The Hall–Kier alpha value is -0.900. The molecule has 2 rings (SSSR count). The molecule has 0 spiro atoms. The smallest absolute Gasteiger partial charge is 0.238 e. The van der Waals surface area contributed by atoms with Crippen LogP contribution in [0.1, 0.15) is 20.3 Å². The molecule has 0 bridgehead atoms. The second-order valence-electron chi connectivity index (χ2n) is 6.83. The van der Waals surface area contributed by atoms with Crippen molar-refractivity contribution in [2.75, 3.05) is 25.0 Å². The molecule has 1 aliphatic rings. The quantitative estimate of drug-likeness (QED) is 0.692. The van der Waals surface area contributed by atoms with Crippen LogP contribution >= 0.6 is 24.0 Å². The number of hydrogen-bond donors (Lipinski definition) is 3. The van der Waals surface area contributed by atoms with E-state index in [0.29, 0.717) is 6.54 Å². The summed E-state index contributed by atoms with van der Waals surface area (Å²) < 4.78 is 22.8. The van der Waals surface area contributed by atoms with Gasteiger partial charge in [0.15, 0.2) is 0 Å². The summed E-state index contributed by atoms with van der Waals surface area (Å²) in [5.74, 6) is -0.269. The van der Waals surface area contributed by atoms with Gasteiger partial charge in [0, 0.05) is 19.1 Å². The molecule has 1 unspecified atom stereocenters. The number of hydrogen-bond acceptors (Lipinski definition) is 5. The van der Waals surface area contributed by atoms with Crippen molar-refractivity contribution in [1.29, 1.82) is 0 Å². The Morgan fingerprint density at radius 2 is 2.08 bits per heavy atom. The molecule has 1 aromatic carbocycles. The minimum atomic E-state index is -3.86. The number of nitrogens with one attached hydrogen (secondary N) is 1. The second kappa shape index (κ2) is 8.20. The summed E-state index contributed by atoms with van der Waals surface area (Å²) >= 11 is 6.02. The maximum absolute atomic E-state index is 12.3.